The molecule has 2 aromatic heterocycles. The largest absolute Gasteiger partial charge is 0.497 e. The first-order valence-electron chi connectivity index (χ1n) is 10.5. The van der Waals surface area contributed by atoms with Crippen LogP contribution in [-0.2, 0) is 17.6 Å². The quantitative estimate of drug-likeness (QED) is 0.233. The van der Waals surface area contributed by atoms with E-state index in [0.29, 0.717) is 19.7 Å². The van der Waals surface area contributed by atoms with Gasteiger partial charge in [0.1, 0.15) is 17.3 Å². The van der Waals surface area contributed by atoms with E-state index in [4.69, 9.17) is 23.6 Å². The van der Waals surface area contributed by atoms with Gasteiger partial charge >= 0.3 is 0 Å². The Bertz CT molecular complexity index is 950. The van der Waals surface area contributed by atoms with Crippen molar-refractivity contribution in [3.05, 3.63) is 48.0 Å². The Morgan fingerprint density at radius 2 is 1.94 bits per heavy atom. The van der Waals surface area contributed by atoms with E-state index in [9.17, 15) is 0 Å². The average molecular weight is 429 g/mol. The summed E-state index contributed by atoms with van der Waals surface area (Å²) in [7, 11) is 5.02. The van der Waals surface area contributed by atoms with E-state index in [-0.39, 0.29) is 0 Å². The molecule has 2 heterocycles. The molecule has 0 unspecified atom stereocenters. The highest BCUT2D eigenvalue weighted by atomic mass is 16.5. The lowest BCUT2D eigenvalue weighted by atomic mass is 10.2. The fourth-order valence-electron chi connectivity index (χ4n) is 3.32. The Kier molecular flexibility index (Phi) is 8.66. The Morgan fingerprint density at radius 3 is 2.68 bits per heavy atom. The number of furan rings is 1. The molecule has 8 heteroatoms. The molecule has 0 spiro atoms. The summed E-state index contributed by atoms with van der Waals surface area (Å²) in [5, 5.41) is 7.70. The maximum atomic E-state index is 5.50. The number of rotatable bonds is 12. The molecule has 0 saturated heterocycles. The second-order valence-corrected chi connectivity index (χ2v) is 7.10. The van der Waals surface area contributed by atoms with E-state index in [1.807, 2.05) is 24.3 Å². The fraction of sp³-hybridized carbons (Fsp3) is 0.435. The molecule has 0 bridgehead atoms. The second kappa shape index (κ2) is 11.9. The number of aromatic nitrogens is 1. The van der Waals surface area contributed by atoms with Gasteiger partial charge in [0.05, 0.1) is 32.6 Å². The zero-order valence-corrected chi connectivity index (χ0v) is 18.5. The van der Waals surface area contributed by atoms with Crippen molar-refractivity contribution in [2.45, 2.75) is 19.3 Å². The van der Waals surface area contributed by atoms with Gasteiger partial charge in [-0.25, -0.2) is 0 Å². The van der Waals surface area contributed by atoms with E-state index in [1.165, 1.54) is 0 Å². The standard InChI is InChI=1S/C23H32N4O4/c1-28-13-11-26-23(25-10-8-18-7-5-12-31-18)24-9-4-6-17-14-20-21(27-17)15-19(29-2)16-22(20)30-3/h5,7,12,14-16,27H,4,6,8-11,13H2,1-3H3,(H2,24,25,26). The molecule has 0 atom stereocenters. The van der Waals surface area contributed by atoms with Crippen LogP contribution in [0.4, 0.5) is 0 Å². The van der Waals surface area contributed by atoms with Crippen molar-refractivity contribution in [3.63, 3.8) is 0 Å². The van der Waals surface area contributed by atoms with Gasteiger partial charge in [0.2, 0.25) is 0 Å². The number of hydrogen-bond donors (Lipinski definition) is 3. The topological polar surface area (TPSA) is 93.0 Å². The van der Waals surface area contributed by atoms with Gasteiger partial charge in [-0.3, -0.25) is 4.99 Å². The second-order valence-electron chi connectivity index (χ2n) is 7.10. The Labute approximate surface area is 183 Å². The molecule has 168 valence electrons. The van der Waals surface area contributed by atoms with Gasteiger partial charge in [-0.15, -0.1) is 0 Å². The van der Waals surface area contributed by atoms with Crippen LogP contribution in [0.5, 0.6) is 11.5 Å². The summed E-state index contributed by atoms with van der Waals surface area (Å²) in [6.45, 7) is 2.78. The minimum Gasteiger partial charge on any atom is -0.497 e. The maximum Gasteiger partial charge on any atom is 0.191 e. The number of benzene rings is 1. The van der Waals surface area contributed by atoms with Gasteiger partial charge in [-0.2, -0.15) is 0 Å². The SMILES string of the molecule is COCCNC(=NCCCc1cc2c(OC)cc(OC)cc2[nH]1)NCCc1ccco1. The number of methoxy groups -OCH3 is 3. The Balaban J connectivity index is 1.54. The third-order valence-electron chi connectivity index (χ3n) is 4.90. The first-order valence-corrected chi connectivity index (χ1v) is 10.5. The van der Waals surface area contributed by atoms with Crippen LogP contribution in [0, 0.1) is 0 Å². The molecule has 31 heavy (non-hydrogen) atoms. The number of hydrogen-bond acceptors (Lipinski definition) is 5. The zero-order chi connectivity index (χ0) is 21.9. The van der Waals surface area contributed by atoms with Gasteiger partial charge < -0.3 is 34.2 Å². The zero-order valence-electron chi connectivity index (χ0n) is 18.5. The molecule has 0 fully saturated rings. The molecule has 0 saturated carbocycles. The molecule has 8 nitrogen and oxygen atoms in total. The summed E-state index contributed by atoms with van der Waals surface area (Å²) >= 11 is 0. The van der Waals surface area contributed by atoms with Crippen molar-refractivity contribution in [1.82, 2.24) is 15.6 Å². The van der Waals surface area contributed by atoms with Gasteiger partial charge in [0.15, 0.2) is 5.96 Å². The molecule has 3 N–H and O–H groups in total. The van der Waals surface area contributed by atoms with E-state index >= 15 is 0 Å². The summed E-state index contributed by atoms with van der Waals surface area (Å²) in [4.78, 5) is 8.15. The number of H-pyrrole nitrogens is 1. The van der Waals surface area contributed by atoms with Crippen LogP contribution in [0.3, 0.4) is 0 Å². The molecule has 0 radical (unpaired) electrons. The monoisotopic (exact) mass is 428 g/mol. The van der Waals surface area contributed by atoms with Crippen LogP contribution in [0.25, 0.3) is 10.9 Å². The maximum absolute atomic E-state index is 5.50. The van der Waals surface area contributed by atoms with Crippen LogP contribution in [-0.4, -0.2) is 58.5 Å². The van der Waals surface area contributed by atoms with Crippen LogP contribution in [0.15, 0.2) is 46.0 Å². The smallest absolute Gasteiger partial charge is 0.191 e. The molecule has 0 aliphatic rings. The fourth-order valence-corrected chi connectivity index (χ4v) is 3.32. The van der Waals surface area contributed by atoms with E-state index < -0.39 is 0 Å². The lowest BCUT2D eigenvalue weighted by molar-refractivity contribution is 0.203. The minimum absolute atomic E-state index is 0.624. The van der Waals surface area contributed by atoms with Crippen molar-refractivity contribution >= 4 is 16.9 Å². The predicted octanol–water partition coefficient (Wildman–Crippen LogP) is 3.14. The Morgan fingerprint density at radius 1 is 1.06 bits per heavy atom. The number of nitrogens with one attached hydrogen (secondary N) is 3. The molecule has 3 rings (SSSR count). The van der Waals surface area contributed by atoms with Crippen molar-refractivity contribution in [1.29, 1.82) is 0 Å². The normalized spacial score (nSPS) is 11.6. The van der Waals surface area contributed by atoms with Crippen LogP contribution in [0.2, 0.25) is 0 Å². The molecule has 0 amide bonds. The highest BCUT2D eigenvalue weighted by Gasteiger charge is 2.09. The third-order valence-corrected chi connectivity index (χ3v) is 4.90. The van der Waals surface area contributed by atoms with Crippen molar-refractivity contribution < 1.29 is 18.6 Å². The summed E-state index contributed by atoms with van der Waals surface area (Å²) in [6.07, 6.45) is 4.30. The van der Waals surface area contributed by atoms with Crippen LogP contribution < -0.4 is 20.1 Å². The number of fused-ring (bicyclic) bond motifs is 1. The Hall–Kier alpha value is -3.13. The van der Waals surface area contributed by atoms with Gasteiger partial charge in [0, 0.05) is 56.4 Å². The minimum atomic E-state index is 0.624. The van der Waals surface area contributed by atoms with Crippen molar-refractivity contribution in [3.8, 4) is 11.5 Å². The molecular formula is C23H32N4O4. The summed E-state index contributed by atoms with van der Waals surface area (Å²) in [5.74, 6) is 3.32. The molecule has 3 aromatic rings. The highest BCUT2D eigenvalue weighted by Crippen LogP contribution is 2.31. The van der Waals surface area contributed by atoms with Gasteiger partial charge in [-0.1, -0.05) is 0 Å². The van der Waals surface area contributed by atoms with Crippen molar-refractivity contribution in [2.75, 3.05) is 47.6 Å². The van der Waals surface area contributed by atoms with Crippen LogP contribution >= 0.6 is 0 Å². The van der Waals surface area contributed by atoms with E-state index in [0.717, 1.165) is 65.6 Å². The molecule has 1 aromatic carbocycles. The summed E-state index contributed by atoms with van der Waals surface area (Å²) < 4.78 is 21.3. The lowest BCUT2D eigenvalue weighted by Gasteiger charge is -2.12. The number of aryl methyl sites for hydroxylation is 1. The number of aliphatic imine (C=N–C) groups is 1. The average Bonchev–Trinajstić information content (AvgIpc) is 3.45. The molecule has 0 aliphatic heterocycles. The van der Waals surface area contributed by atoms with Gasteiger partial charge in [-0.05, 0) is 31.0 Å². The third kappa shape index (κ3) is 6.68. The molecular weight excluding hydrogens is 396 g/mol. The van der Waals surface area contributed by atoms with E-state index in [1.54, 1.807) is 27.6 Å². The number of nitrogens with zero attached hydrogens (tertiary/aromatic N) is 1. The van der Waals surface area contributed by atoms with Crippen LogP contribution in [0.1, 0.15) is 17.9 Å². The van der Waals surface area contributed by atoms with Gasteiger partial charge in [0.25, 0.3) is 0 Å². The summed E-state index contributed by atoms with van der Waals surface area (Å²) in [5.41, 5.74) is 2.16. The lowest BCUT2D eigenvalue weighted by Crippen LogP contribution is -2.40. The number of aromatic amines is 1. The molecule has 0 aliphatic carbocycles. The number of guanidine groups is 1. The van der Waals surface area contributed by atoms with Crippen molar-refractivity contribution in [2.24, 2.45) is 4.99 Å². The predicted molar refractivity (Wildman–Crippen MR) is 122 cm³/mol. The summed E-state index contributed by atoms with van der Waals surface area (Å²) in [6, 6.07) is 9.90. The van der Waals surface area contributed by atoms with E-state index in [2.05, 4.69) is 21.7 Å². The highest BCUT2D eigenvalue weighted by molar-refractivity contribution is 5.88. The number of ether oxygens (including phenoxy) is 3. The first kappa shape index (κ1) is 22.6. The first-order chi connectivity index (χ1) is 15.2.